The van der Waals surface area contributed by atoms with E-state index in [-0.39, 0.29) is 0 Å². The van der Waals surface area contributed by atoms with Gasteiger partial charge in [-0.2, -0.15) is 0 Å². The Balaban J connectivity index is 1.68. The average Bonchev–Trinajstić information content (AvgIpc) is 2.89. The van der Waals surface area contributed by atoms with Gasteiger partial charge in [0.1, 0.15) is 0 Å². The van der Waals surface area contributed by atoms with Crippen LogP contribution in [0.3, 0.4) is 0 Å². The van der Waals surface area contributed by atoms with Crippen LogP contribution in [0.5, 0.6) is 0 Å². The van der Waals surface area contributed by atoms with E-state index in [1.54, 1.807) is 12.8 Å². The maximum absolute atomic E-state index is 2.36. The lowest BCUT2D eigenvalue weighted by atomic mass is 10.0. The number of rotatable bonds is 4. The van der Waals surface area contributed by atoms with Crippen molar-refractivity contribution in [2.45, 2.75) is 52.9 Å². The van der Waals surface area contributed by atoms with Crippen LogP contribution in [0, 0.1) is 23.2 Å². The van der Waals surface area contributed by atoms with E-state index in [1.807, 2.05) is 0 Å². The van der Waals surface area contributed by atoms with E-state index < -0.39 is 0 Å². The van der Waals surface area contributed by atoms with E-state index in [9.17, 15) is 0 Å². The fourth-order valence-electron chi connectivity index (χ4n) is 3.02. The summed E-state index contributed by atoms with van der Waals surface area (Å²) in [4.78, 5) is 0. The first-order valence-corrected chi connectivity index (χ1v) is 5.69. The summed E-state index contributed by atoms with van der Waals surface area (Å²) in [5, 5.41) is 0. The molecule has 0 amide bonds. The highest BCUT2D eigenvalue weighted by Gasteiger charge is 2.68. The molecular weight excluding hydrogens is 144 g/mol. The largest absolute Gasteiger partial charge is 0.0651 e. The summed E-state index contributed by atoms with van der Waals surface area (Å²) in [6, 6.07) is 0. The maximum atomic E-state index is 2.36. The Morgan fingerprint density at radius 3 is 2.42 bits per heavy atom. The normalized spacial score (nSPS) is 44.0. The fraction of sp³-hybridized carbons (Fsp3) is 1.00. The molecule has 0 N–H and O–H groups in total. The van der Waals surface area contributed by atoms with Crippen molar-refractivity contribution in [1.82, 2.24) is 0 Å². The van der Waals surface area contributed by atoms with Gasteiger partial charge in [-0.05, 0) is 42.4 Å². The van der Waals surface area contributed by atoms with Crippen LogP contribution in [0.2, 0.25) is 0 Å². The van der Waals surface area contributed by atoms with Crippen molar-refractivity contribution in [2.75, 3.05) is 0 Å². The first kappa shape index (κ1) is 8.59. The molecule has 12 heavy (non-hydrogen) atoms. The SMILES string of the molecule is CCC1CC12CC2CCC(C)C. The van der Waals surface area contributed by atoms with Gasteiger partial charge in [0.15, 0.2) is 0 Å². The van der Waals surface area contributed by atoms with E-state index in [0.29, 0.717) is 0 Å². The summed E-state index contributed by atoms with van der Waals surface area (Å²) in [5.41, 5.74) is 0.920. The summed E-state index contributed by atoms with van der Waals surface area (Å²) in [6.07, 6.45) is 7.58. The van der Waals surface area contributed by atoms with Crippen molar-refractivity contribution in [3.8, 4) is 0 Å². The Kier molecular flexibility index (Phi) is 1.97. The Morgan fingerprint density at radius 2 is 1.92 bits per heavy atom. The predicted octanol–water partition coefficient (Wildman–Crippen LogP) is 3.86. The minimum absolute atomic E-state index is 0.918. The van der Waals surface area contributed by atoms with Gasteiger partial charge in [-0.3, -0.25) is 0 Å². The van der Waals surface area contributed by atoms with Crippen LogP contribution >= 0.6 is 0 Å². The molecule has 2 saturated carbocycles. The Morgan fingerprint density at radius 1 is 1.25 bits per heavy atom. The molecule has 3 atom stereocenters. The molecule has 2 aliphatic carbocycles. The minimum atomic E-state index is 0.918. The molecule has 0 heterocycles. The van der Waals surface area contributed by atoms with Gasteiger partial charge in [0.05, 0.1) is 0 Å². The van der Waals surface area contributed by atoms with Crippen molar-refractivity contribution < 1.29 is 0 Å². The summed E-state index contributed by atoms with van der Waals surface area (Å²) < 4.78 is 0. The molecule has 0 aromatic rings. The molecule has 1 spiro atoms. The smallest absolute Gasteiger partial charge is 0.0235 e. The van der Waals surface area contributed by atoms with E-state index >= 15 is 0 Å². The molecule has 0 aliphatic heterocycles. The van der Waals surface area contributed by atoms with Gasteiger partial charge in [0, 0.05) is 0 Å². The van der Waals surface area contributed by atoms with Crippen molar-refractivity contribution in [3.63, 3.8) is 0 Å². The summed E-state index contributed by atoms with van der Waals surface area (Å²) in [5.74, 6) is 3.20. The van der Waals surface area contributed by atoms with Crippen LogP contribution in [0.25, 0.3) is 0 Å². The van der Waals surface area contributed by atoms with Crippen molar-refractivity contribution in [2.24, 2.45) is 23.2 Å². The third-order valence-corrected chi connectivity index (χ3v) is 4.14. The van der Waals surface area contributed by atoms with Gasteiger partial charge >= 0.3 is 0 Å². The molecule has 0 aromatic heterocycles. The van der Waals surface area contributed by atoms with E-state index in [0.717, 1.165) is 23.2 Å². The molecule has 70 valence electrons. The molecule has 0 heteroatoms. The van der Waals surface area contributed by atoms with E-state index in [1.165, 1.54) is 19.3 Å². The summed E-state index contributed by atoms with van der Waals surface area (Å²) in [7, 11) is 0. The molecule has 2 aliphatic rings. The van der Waals surface area contributed by atoms with Gasteiger partial charge in [0.2, 0.25) is 0 Å². The van der Waals surface area contributed by atoms with Crippen LogP contribution in [0.4, 0.5) is 0 Å². The van der Waals surface area contributed by atoms with E-state index in [2.05, 4.69) is 20.8 Å². The molecule has 2 fully saturated rings. The predicted molar refractivity (Wildman–Crippen MR) is 53.0 cm³/mol. The first-order valence-electron chi connectivity index (χ1n) is 5.69. The van der Waals surface area contributed by atoms with Crippen molar-refractivity contribution >= 4 is 0 Å². The Hall–Kier alpha value is 0. The molecule has 0 bridgehead atoms. The van der Waals surface area contributed by atoms with Crippen LogP contribution in [0.1, 0.15) is 52.9 Å². The summed E-state index contributed by atoms with van der Waals surface area (Å²) in [6.45, 7) is 7.05. The zero-order valence-electron chi connectivity index (χ0n) is 8.77. The number of hydrogen-bond acceptors (Lipinski definition) is 0. The number of hydrogen-bond donors (Lipinski definition) is 0. The topological polar surface area (TPSA) is 0 Å². The third kappa shape index (κ3) is 1.30. The monoisotopic (exact) mass is 166 g/mol. The second kappa shape index (κ2) is 2.75. The molecule has 0 saturated heterocycles. The molecule has 0 nitrogen and oxygen atoms in total. The average molecular weight is 166 g/mol. The lowest BCUT2D eigenvalue weighted by Gasteiger charge is -2.02. The van der Waals surface area contributed by atoms with Gasteiger partial charge < -0.3 is 0 Å². The van der Waals surface area contributed by atoms with Gasteiger partial charge in [-0.25, -0.2) is 0 Å². The quantitative estimate of drug-likeness (QED) is 0.595. The molecule has 0 aromatic carbocycles. The lowest BCUT2D eigenvalue weighted by Crippen LogP contribution is -1.90. The van der Waals surface area contributed by atoms with Gasteiger partial charge in [-0.15, -0.1) is 0 Å². The Labute approximate surface area is 76.7 Å². The lowest BCUT2D eigenvalue weighted by molar-refractivity contribution is 0.493. The Bertz CT molecular complexity index is 171. The van der Waals surface area contributed by atoms with Gasteiger partial charge in [0.25, 0.3) is 0 Å². The van der Waals surface area contributed by atoms with Crippen LogP contribution < -0.4 is 0 Å². The third-order valence-electron chi connectivity index (χ3n) is 4.14. The molecule has 2 rings (SSSR count). The highest BCUT2D eigenvalue weighted by atomic mass is 14.7. The van der Waals surface area contributed by atoms with Crippen molar-refractivity contribution in [1.29, 1.82) is 0 Å². The maximum Gasteiger partial charge on any atom is -0.0235 e. The van der Waals surface area contributed by atoms with Crippen molar-refractivity contribution in [3.05, 3.63) is 0 Å². The zero-order chi connectivity index (χ0) is 8.77. The molecule has 3 unspecified atom stereocenters. The van der Waals surface area contributed by atoms with Crippen LogP contribution in [-0.4, -0.2) is 0 Å². The fourth-order valence-corrected chi connectivity index (χ4v) is 3.02. The standard InChI is InChI=1S/C12H22/c1-4-10-7-12(10)8-11(12)6-5-9(2)3/h9-11H,4-8H2,1-3H3. The highest BCUT2D eigenvalue weighted by Crippen LogP contribution is 2.76. The highest BCUT2D eigenvalue weighted by molar-refractivity contribution is 5.17. The molecule has 0 radical (unpaired) electrons. The van der Waals surface area contributed by atoms with Crippen LogP contribution in [0.15, 0.2) is 0 Å². The second-order valence-corrected chi connectivity index (χ2v) is 5.41. The van der Waals surface area contributed by atoms with E-state index in [4.69, 9.17) is 0 Å². The molecular formula is C12H22. The minimum Gasteiger partial charge on any atom is -0.0651 e. The summed E-state index contributed by atoms with van der Waals surface area (Å²) >= 11 is 0. The first-order chi connectivity index (χ1) is 5.69. The van der Waals surface area contributed by atoms with Crippen LogP contribution in [-0.2, 0) is 0 Å². The van der Waals surface area contributed by atoms with Gasteiger partial charge in [-0.1, -0.05) is 33.6 Å². The zero-order valence-corrected chi connectivity index (χ0v) is 8.77. The second-order valence-electron chi connectivity index (χ2n) is 5.41.